The Balaban J connectivity index is 1.70. The summed E-state index contributed by atoms with van der Waals surface area (Å²) in [5.41, 5.74) is 3.77. The third-order valence-electron chi connectivity index (χ3n) is 6.46. The molecular formula is C27H27N. The van der Waals surface area contributed by atoms with Gasteiger partial charge in [-0.3, -0.25) is 4.98 Å². The molecule has 28 heavy (non-hydrogen) atoms. The molecule has 1 aliphatic carbocycles. The summed E-state index contributed by atoms with van der Waals surface area (Å²) < 4.78 is 0. The molecule has 1 aliphatic rings. The van der Waals surface area contributed by atoms with Crippen molar-refractivity contribution in [2.45, 2.75) is 44.4 Å². The summed E-state index contributed by atoms with van der Waals surface area (Å²) in [7, 11) is 0. The molecular weight excluding hydrogens is 338 g/mol. The molecule has 5 rings (SSSR count). The van der Waals surface area contributed by atoms with Crippen LogP contribution in [0.15, 0.2) is 78.9 Å². The van der Waals surface area contributed by atoms with E-state index in [0.29, 0.717) is 5.92 Å². The first-order valence-corrected chi connectivity index (χ1v) is 10.7. The number of rotatable bonds is 4. The topological polar surface area (TPSA) is 12.9 Å². The smallest absolute Gasteiger partial charge is 0.0712 e. The van der Waals surface area contributed by atoms with Crippen molar-refractivity contribution < 1.29 is 0 Å². The van der Waals surface area contributed by atoms with Crippen LogP contribution < -0.4 is 0 Å². The predicted octanol–water partition coefficient (Wildman–Crippen LogP) is 7.49. The molecule has 0 unspecified atom stereocenters. The van der Waals surface area contributed by atoms with Crippen LogP contribution in [0.4, 0.5) is 0 Å². The van der Waals surface area contributed by atoms with Crippen LogP contribution in [0.3, 0.4) is 0 Å². The molecule has 0 saturated heterocycles. The largest absolute Gasteiger partial charge is 0.252 e. The Morgan fingerprint density at radius 1 is 0.679 bits per heavy atom. The molecule has 0 N–H and O–H groups in total. The minimum Gasteiger partial charge on any atom is -0.252 e. The van der Waals surface area contributed by atoms with Gasteiger partial charge >= 0.3 is 0 Å². The zero-order valence-electron chi connectivity index (χ0n) is 16.4. The van der Waals surface area contributed by atoms with Gasteiger partial charge in [-0.1, -0.05) is 105 Å². The monoisotopic (exact) mass is 365 g/mol. The molecule has 140 valence electrons. The Bertz CT molecular complexity index is 1080. The van der Waals surface area contributed by atoms with Crippen LogP contribution in [-0.2, 0) is 0 Å². The van der Waals surface area contributed by atoms with Gasteiger partial charge in [0.15, 0.2) is 0 Å². The summed E-state index contributed by atoms with van der Waals surface area (Å²) >= 11 is 0. The van der Waals surface area contributed by atoms with Crippen LogP contribution in [0.1, 0.15) is 55.7 Å². The molecule has 1 nitrogen and oxygen atoms in total. The Labute approximate surface area is 167 Å². The minimum absolute atomic E-state index is 0.360. The van der Waals surface area contributed by atoms with Crippen molar-refractivity contribution in [1.29, 1.82) is 0 Å². The van der Waals surface area contributed by atoms with Crippen LogP contribution in [-0.4, -0.2) is 4.98 Å². The predicted molar refractivity (Wildman–Crippen MR) is 119 cm³/mol. The summed E-state index contributed by atoms with van der Waals surface area (Å²) in [6.45, 7) is 0. The standard InChI is InChI=1S/C27H27N/c1-3-11-20(12-4-1)19-25(21-13-5-2-6-14-21)27-24-17-8-7-15-22(24)23-16-9-10-18-26(23)28-27/h2,5-10,13-18,20,25H,1,3-4,11-12,19H2/t25-/m0/s1. The fourth-order valence-corrected chi connectivity index (χ4v) is 5.04. The molecule has 0 spiro atoms. The van der Waals surface area contributed by atoms with Crippen LogP contribution in [0.25, 0.3) is 21.7 Å². The van der Waals surface area contributed by atoms with Gasteiger partial charge in [-0.25, -0.2) is 0 Å². The Hall–Kier alpha value is -2.67. The van der Waals surface area contributed by atoms with Gasteiger partial charge < -0.3 is 0 Å². The quantitative estimate of drug-likeness (QED) is 0.341. The first-order chi connectivity index (χ1) is 13.9. The lowest BCUT2D eigenvalue weighted by molar-refractivity contribution is 0.327. The number of benzene rings is 3. The van der Waals surface area contributed by atoms with E-state index < -0.39 is 0 Å². The van der Waals surface area contributed by atoms with Gasteiger partial charge in [0, 0.05) is 16.7 Å². The molecule has 1 atom stereocenters. The van der Waals surface area contributed by atoms with E-state index in [0.717, 1.165) is 11.4 Å². The van der Waals surface area contributed by atoms with Gasteiger partial charge in [-0.15, -0.1) is 0 Å². The van der Waals surface area contributed by atoms with Gasteiger partial charge in [0.2, 0.25) is 0 Å². The van der Waals surface area contributed by atoms with E-state index >= 15 is 0 Å². The number of nitrogens with zero attached hydrogens (tertiary/aromatic N) is 1. The van der Waals surface area contributed by atoms with Gasteiger partial charge in [0.25, 0.3) is 0 Å². The molecule has 1 heteroatoms. The summed E-state index contributed by atoms with van der Waals surface area (Å²) in [5, 5.41) is 3.89. The lowest BCUT2D eigenvalue weighted by Gasteiger charge is -2.27. The molecule has 1 saturated carbocycles. The second-order valence-corrected chi connectivity index (χ2v) is 8.26. The number of para-hydroxylation sites is 1. The summed E-state index contributed by atoms with van der Waals surface area (Å²) in [5.74, 6) is 1.17. The maximum atomic E-state index is 5.25. The number of hydrogen-bond acceptors (Lipinski definition) is 1. The van der Waals surface area contributed by atoms with Crippen molar-refractivity contribution in [3.05, 3.63) is 90.1 Å². The molecule has 0 amide bonds. The molecule has 1 heterocycles. The summed E-state index contributed by atoms with van der Waals surface area (Å²) in [4.78, 5) is 5.25. The number of fused-ring (bicyclic) bond motifs is 3. The van der Waals surface area contributed by atoms with E-state index in [-0.39, 0.29) is 0 Å². The average molecular weight is 366 g/mol. The van der Waals surface area contributed by atoms with Crippen molar-refractivity contribution in [3.8, 4) is 0 Å². The van der Waals surface area contributed by atoms with E-state index in [1.807, 2.05) is 0 Å². The Morgan fingerprint density at radius 3 is 2.11 bits per heavy atom. The third-order valence-corrected chi connectivity index (χ3v) is 6.46. The Morgan fingerprint density at radius 2 is 1.32 bits per heavy atom. The summed E-state index contributed by atoms with van der Waals surface area (Å²) in [6.07, 6.45) is 8.13. The van der Waals surface area contributed by atoms with Gasteiger partial charge in [-0.2, -0.15) is 0 Å². The maximum Gasteiger partial charge on any atom is 0.0712 e. The van der Waals surface area contributed by atoms with Crippen molar-refractivity contribution in [1.82, 2.24) is 4.98 Å². The second-order valence-electron chi connectivity index (χ2n) is 8.26. The number of hydrogen-bond donors (Lipinski definition) is 0. The molecule has 0 bridgehead atoms. The molecule has 4 aromatic rings. The molecule has 3 aromatic carbocycles. The minimum atomic E-state index is 0.360. The van der Waals surface area contributed by atoms with E-state index in [2.05, 4.69) is 78.9 Å². The van der Waals surface area contributed by atoms with Crippen molar-refractivity contribution in [2.24, 2.45) is 5.92 Å². The van der Waals surface area contributed by atoms with E-state index in [1.165, 1.54) is 65.9 Å². The molecule has 0 radical (unpaired) electrons. The second kappa shape index (κ2) is 7.75. The molecule has 1 fully saturated rings. The van der Waals surface area contributed by atoms with Crippen molar-refractivity contribution in [2.75, 3.05) is 0 Å². The summed E-state index contributed by atoms with van der Waals surface area (Å²) in [6, 6.07) is 28.5. The first kappa shape index (κ1) is 17.4. The van der Waals surface area contributed by atoms with Crippen LogP contribution in [0.2, 0.25) is 0 Å². The van der Waals surface area contributed by atoms with Gasteiger partial charge in [0.1, 0.15) is 0 Å². The normalized spacial score (nSPS) is 16.4. The zero-order chi connectivity index (χ0) is 18.8. The zero-order valence-corrected chi connectivity index (χ0v) is 16.4. The average Bonchev–Trinajstić information content (AvgIpc) is 2.78. The highest BCUT2D eigenvalue weighted by molar-refractivity contribution is 6.06. The first-order valence-electron chi connectivity index (χ1n) is 10.7. The van der Waals surface area contributed by atoms with Gasteiger partial charge in [-0.05, 0) is 29.4 Å². The molecule has 0 aliphatic heterocycles. The number of pyridine rings is 1. The SMILES string of the molecule is c1ccc([C@H](CC2CCCCC2)c2nc3ccccc3c3ccccc23)cc1. The van der Waals surface area contributed by atoms with Crippen molar-refractivity contribution >= 4 is 21.7 Å². The maximum absolute atomic E-state index is 5.25. The van der Waals surface area contributed by atoms with E-state index in [1.54, 1.807) is 0 Å². The highest BCUT2D eigenvalue weighted by Crippen LogP contribution is 2.40. The highest BCUT2D eigenvalue weighted by Gasteiger charge is 2.24. The van der Waals surface area contributed by atoms with E-state index in [9.17, 15) is 0 Å². The fraction of sp³-hybridized carbons (Fsp3) is 0.296. The van der Waals surface area contributed by atoms with Crippen molar-refractivity contribution in [3.63, 3.8) is 0 Å². The van der Waals surface area contributed by atoms with Crippen LogP contribution in [0, 0.1) is 5.92 Å². The lowest BCUT2D eigenvalue weighted by atomic mass is 9.78. The van der Waals surface area contributed by atoms with E-state index in [4.69, 9.17) is 4.98 Å². The van der Waals surface area contributed by atoms with Gasteiger partial charge in [0.05, 0.1) is 11.2 Å². The molecule has 1 aromatic heterocycles. The Kier molecular flexibility index (Phi) is 4.83. The lowest BCUT2D eigenvalue weighted by Crippen LogP contribution is -2.14. The highest BCUT2D eigenvalue weighted by atomic mass is 14.7. The number of aromatic nitrogens is 1. The fourth-order valence-electron chi connectivity index (χ4n) is 5.04. The third kappa shape index (κ3) is 3.30. The van der Waals surface area contributed by atoms with Crippen LogP contribution >= 0.6 is 0 Å². The van der Waals surface area contributed by atoms with Crippen LogP contribution in [0.5, 0.6) is 0 Å².